The van der Waals surface area contributed by atoms with Crippen molar-refractivity contribution in [3.63, 3.8) is 0 Å². The summed E-state index contributed by atoms with van der Waals surface area (Å²) in [5.74, 6) is -1.27. The minimum absolute atomic E-state index is 0.0395. The van der Waals surface area contributed by atoms with Gasteiger partial charge in [-0.05, 0) is 47.9 Å². The highest BCUT2D eigenvalue weighted by atomic mass is 35.5. The number of aryl methyl sites for hydroxylation is 1. The van der Waals surface area contributed by atoms with Gasteiger partial charge < -0.3 is 15.2 Å². The predicted octanol–water partition coefficient (Wildman–Crippen LogP) is 5.36. The van der Waals surface area contributed by atoms with E-state index in [1.54, 1.807) is 24.3 Å². The Bertz CT molecular complexity index is 1100. The lowest BCUT2D eigenvalue weighted by Crippen LogP contribution is -2.15. The van der Waals surface area contributed by atoms with Crippen molar-refractivity contribution in [1.82, 2.24) is 0 Å². The van der Waals surface area contributed by atoms with Crippen LogP contribution >= 0.6 is 11.6 Å². The van der Waals surface area contributed by atoms with Crippen LogP contribution in [0.2, 0.25) is 5.02 Å². The molecule has 0 spiro atoms. The monoisotopic (exact) mass is 452 g/mol. The zero-order valence-corrected chi connectivity index (χ0v) is 17.8. The van der Waals surface area contributed by atoms with Crippen molar-refractivity contribution in [1.29, 1.82) is 0 Å². The van der Waals surface area contributed by atoms with Gasteiger partial charge in [0.25, 0.3) is 5.91 Å². The second-order valence-electron chi connectivity index (χ2n) is 6.96. The second kappa shape index (κ2) is 11.0. The molecule has 0 radical (unpaired) electrons. The number of nitrogens with one attached hydrogen (secondary N) is 2. The Kier molecular flexibility index (Phi) is 7.83. The first kappa shape index (κ1) is 22.8. The molecule has 0 aliphatic heterocycles. The standard InChI is InChI=1S/C24H21ClN2O5/c25-19-12-18(23(30)26-20-9-6-16(7-10-20)8-11-22(28)29)13-21(14-19)27-24(31)32-15-17-4-2-1-3-5-17/h1-7,9-10,12-14H,8,11,15H2,(H,26,30)(H,27,31)(H,28,29). The van der Waals surface area contributed by atoms with E-state index in [0.717, 1.165) is 11.1 Å². The van der Waals surface area contributed by atoms with Crippen LogP contribution in [-0.4, -0.2) is 23.1 Å². The molecule has 2 amide bonds. The number of anilines is 2. The van der Waals surface area contributed by atoms with Crippen LogP contribution in [0.1, 0.15) is 27.9 Å². The van der Waals surface area contributed by atoms with Gasteiger partial charge in [-0.3, -0.25) is 14.9 Å². The molecule has 3 N–H and O–H groups in total. The Morgan fingerprint density at radius 2 is 1.56 bits per heavy atom. The Hall–Kier alpha value is -3.84. The van der Waals surface area contributed by atoms with Crippen LogP contribution in [0.25, 0.3) is 0 Å². The number of hydrogen-bond acceptors (Lipinski definition) is 4. The molecule has 0 bridgehead atoms. The fourth-order valence-electron chi connectivity index (χ4n) is 2.88. The van der Waals surface area contributed by atoms with E-state index in [0.29, 0.717) is 17.8 Å². The first-order valence-electron chi connectivity index (χ1n) is 9.79. The van der Waals surface area contributed by atoms with E-state index >= 15 is 0 Å². The van der Waals surface area contributed by atoms with E-state index in [1.165, 1.54) is 18.2 Å². The quantitative estimate of drug-likeness (QED) is 0.427. The van der Waals surface area contributed by atoms with Crippen LogP contribution in [-0.2, 0) is 22.6 Å². The van der Waals surface area contributed by atoms with Gasteiger partial charge in [0, 0.05) is 28.4 Å². The van der Waals surface area contributed by atoms with Crippen molar-refractivity contribution in [3.05, 3.63) is 94.5 Å². The van der Waals surface area contributed by atoms with Crippen LogP contribution in [0.5, 0.6) is 0 Å². The van der Waals surface area contributed by atoms with Gasteiger partial charge in [0.2, 0.25) is 0 Å². The zero-order chi connectivity index (χ0) is 22.9. The SMILES string of the molecule is O=C(O)CCc1ccc(NC(=O)c2cc(Cl)cc(NC(=O)OCc3ccccc3)c2)cc1. The number of amides is 2. The topological polar surface area (TPSA) is 105 Å². The number of hydrogen-bond donors (Lipinski definition) is 3. The third-order valence-corrected chi connectivity index (χ3v) is 4.68. The fourth-order valence-corrected chi connectivity index (χ4v) is 3.11. The first-order valence-corrected chi connectivity index (χ1v) is 10.2. The molecule has 0 saturated carbocycles. The smallest absolute Gasteiger partial charge is 0.411 e. The molecule has 3 rings (SSSR count). The maximum absolute atomic E-state index is 12.6. The van der Waals surface area contributed by atoms with Crippen LogP contribution < -0.4 is 10.6 Å². The molecule has 0 unspecified atom stereocenters. The van der Waals surface area contributed by atoms with Crippen molar-refractivity contribution in [2.24, 2.45) is 0 Å². The number of ether oxygens (including phenoxy) is 1. The highest BCUT2D eigenvalue weighted by Crippen LogP contribution is 2.21. The molecule has 0 aliphatic carbocycles. The molecule has 7 nitrogen and oxygen atoms in total. The molecule has 32 heavy (non-hydrogen) atoms. The lowest BCUT2D eigenvalue weighted by atomic mass is 10.1. The third-order valence-electron chi connectivity index (χ3n) is 4.46. The molecule has 3 aromatic rings. The fraction of sp³-hybridized carbons (Fsp3) is 0.125. The normalized spacial score (nSPS) is 10.3. The second-order valence-corrected chi connectivity index (χ2v) is 7.40. The van der Waals surface area contributed by atoms with Gasteiger partial charge in [-0.2, -0.15) is 0 Å². The molecule has 0 saturated heterocycles. The van der Waals surface area contributed by atoms with Crippen molar-refractivity contribution in [3.8, 4) is 0 Å². The molecular formula is C24H21ClN2O5. The van der Waals surface area contributed by atoms with Gasteiger partial charge in [0.15, 0.2) is 0 Å². The van der Waals surface area contributed by atoms with Crippen LogP contribution in [0, 0.1) is 0 Å². The van der Waals surface area contributed by atoms with Crippen LogP contribution in [0.3, 0.4) is 0 Å². The third kappa shape index (κ3) is 7.14. The number of aliphatic carboxylic acids is 1. The summed E-state index contributed by atoms with van der Waals surface area (Å²) in [6.45, 7) is 0.114. The minimum atomic E-state index is -0.864. The van der Waals surface area contributed by atoms with Gasteiger partial charge in [-0.25, -0.2) is 4.79 Å². The van der Waals surface area contributed by atoms with Crippen LogP contribution in [0.15, 0.2) is 72.8 Å². The van der Waals surface area contributed by atoms with Gasteiger partial charge in [0.1, 0.15) is 6.61 Å². The summed E-state index contributed by atoms with van der Waals surface area (Å²) in [4.78, 5) is 35.4. The maximum atomic E-state index is 12.6. The van der Waals surface area contributed by atoms with E-state index in [2.05, 4.69) is 10.6 Å². The van der Waals surface area contributed by atoms with E-state index in [4.69, 9.17) is 21.4 Å². The van der Waals surface area contributed by atoms with Crippen LogP contribution in [0.4, 0.5) is 16.2 Å². The van der Waals surface area contributed by atoms with Gasteiger partial charge in [0.05, 0.1) is 0 Å². The molecular weight excluding hydrogens is 432 g/mol. The van der Waals surface area contributed by atoms with E-state index in [-0.39, 0.29) is 23.6 Å². The summed E-state index contributed by atoms with van der Waals surface area (Å²) in [7, 11) is 0. The summed E-state index contributed by atoms with van der Waals surface area (Å²) in [6.07, 6.45) is -0.218. The lowest BCUT2D eigenvalue weighted by Gasteiger charge is -2.10. The molecule has 0 aliphatic rings. The largest absolute Gasteiger partial charge is 0.481 e. The van der Waals surface area contributed by atoms with Gasteiger partial charge in [-0.1, -0.05) is 54.1 Å². The van der Waals surface area contributed by atoms with Gasteiger partial charge >= 0.3 is 12.1 Å². The number of rotatable bonds is 8. The molecule has 164 valence electrons. The molecule has 3 aromatic carbocycles. The number of carboxylic acid groups (broad SMARTS) is 1. The van der Waals surface area contributed by atoms with Gasteiger partial charge in [-0.15, -0.1) is 0 Å². The average molecular weight is 453 g/mol. The number of benzene rings is 3. The Morgan fingerprint density at radius 3 is 2.25 bits per heavy atom. The van der Waals surface area contributed by atoms with Crippen molar-refractivity contribution in [2.75, 3.05) is 10.6 Å². The maximum Gasteiger partial charge on any atom is 0.411 e. The zero-order valence-electron chi connectivity index (χ0n) is 17.0. The number of carboxylic acids is 1. The lowest BCUT2D eigenvalue weighted by molar-refractivity contribution is -0.136. The molecule has 0 aromatic heterocycles. The van der Waals surface area contributed by atoms with Crippen molar-refractivity contribution in [2.45, 2.75) is 19.4 Å². The molecule has 0 fully saturated rings. The molecule has 8 heteroatoms. The molecule has 0 heterocycles. The highest BCUT2D eigenvalue weighted by molar-refractivity contribution is 6.31. The molecule has 0 atom stereocenters. The van der Waals surface area contributed by atoms with E-state index < -0.39 is 18.0 Å². The first-order chi connectivity index (χ1) is 15.4. The summed E-state index contributed by atoms with van der Waals surface area (Å²) in [5.41, 5.74) is 2.83. The Morgan fingerprint density at radius 1 is 0.844 bits per heavy atom. The Labute approximate surface area is 190 Å². The predicted molar refractivity (Wildman–Crippen MR) is 122 cm³/mol. The van der Waals surface area contributed by atoms with Crippen molar-refractivity contribution < 1.29 is 24.2 Å². The summed E-state index contributed by atoms with van der Waals surface area (Å²) >= 11 is 6.11. The van der Waals surface area contributed by atoms with E-state index in [1.807, 2.05) is 30.3 Å². The number of halogens is 1. The number of carbonyl (C=O) groups excluding carboxylic acids is 2. The van der Waals surface area contributed by atoms with Crippen molar-refractivity contribution >= 4 is 40.9 Å². The number of carbonyl (C=O) groups is 3. The summed E-state index contributed by atoms with van der Waals surface area (Å²) < 4.78 is 5.18. The van der Waals surface area contributed by atoms with E-state index in [9.17, 15) is 14.4 Å². The average Bonchev–Trinajstić information content (AvgIpc) is 2.77. The highest BCUT2D eigenvalue weighted by Gasteiger charge is 2.11. The summed E-state index contributed by atoms with van der Waals surface area (Å²) in [5, 5.41) is 14.3. The Balaban J connectivity index is 1.59. The summed E-state index contributed by atoms with van der Waals surface area (Å²) in [6, 6.07) is 20.6. The minimum Gasteiger partial charge on any atom is -0.481 e.